The lowest BCUT2D eigenvalue weighted by Crippen LogP contribution is -2.52. The number of rotatable bonds is 11. The Labute approximate surface area is 265 Å². The monoisotopic (exact) mass is 616 g/mol. The zero-order valence-electron chi connectivity index (χ0n) is 26.2. The van der Waals surface area contributed by atoms with Crippen molar-refractivity contribution in [3.8, 4) is 5.75 Å². The summed E-state index contributed by atoms with van der Waals surface area (Å²) in [5.74, 6) is -0.747. The van der Waals surface area contributed by atoms with E-state index in [4.69, 9.17) is 5.11 Å². The van der Waals surface area contributed by atoms with Crippen molar-refractivity contribution in [1.29, 1.82) is 0 Å². The first kappa shape index (κ1) is 32.6. The van der Waals surface area contributed by atoms with E-state index in [9.17, 15) is 19.1 Å². The van der Waals surface area contributed by atoms with Crippen LogP contribution in [0.1, 0.15) is 65.7 Å². The molecule has 2 saturated heterocycles. The number of carboxylic acid groups (broad SMARTS) is 1. The molecule has 8 nitrogen and oxygen atoms in total. The molecule has 2 N–H and O–H groups in total. The second-order valence-corrected chi connectivity index (χ2v) is 12.4. The maximum absolute atomic E-state index is 13.8. The molecule has 2 aliphatic rings. The number of amides is 1. The molecule has 0 spiro atoms. The Kier molecular flexibility index (Phi) is 11.2. The van der Waals surface area contributed by atoms with E-state index in [0.717, 1.165) is 68.8 Å². The molecule has 0 aliphatic carbocycles. The lowest BCUT2D eigenvalue weighted by atomic mass is 9.93. The van der Waals surface area contributed by atoms with Crippen molar-refractivity contribution in [3.05, 3.63) is 101 Å². The van der Waals surface area contributed by atoms with Gasteiger partial charge in [-0.2, -0.15) is 0 Å². The Morgan fingerprint density at radius 2 is 1.62 bits per heavy atom. The summed E-state index contributed by atoms with van der Waals surface area (Å²) >= 11 is 0. The summed E-state index contributed by atoms with van der Waals surface area (Å²) in [7, 11) is 0. The Morgan fingerprint density at radius 3 is 2.38 bits per heavy atom. The summed E-state index contributed by atoms with van der Waals surface area (Å²) in [5, 5.41) is 19.3. The van der Waals surface area contributed by atoms with Crippen LogP contribution >= 0.6 is 0 Å². The molecule has 2 aliphatic heterocycles. The number of unbranched alkanes of at least 4 members (excludes halogenated alkanes) is 1. The van der Waals surface area contributed by atoms with E-state index in [1.807, 2.05) is 47.4 Å². The normalized spacial score (nSPS) is 19.2. The van der Waals surface area contributed by atoms with Gasteiger partial charge in [-0.3, -0.25) is 19.4 Å². The van der Waals surface area contributed by atoms with Crippen molar-refractivity contribution in [2.24, 2.45) is 0 Å². The van der Waals surface area contributed by atoms with Gasteiger partial charge in [-0.05, 0) is 92.4 Å². The quantitative estimate of drug-likeness (QED) is 0.286. The van der Waals surface area contributed by atoms with Crippen LogP contribution in [-0.4, -0.2) is 100 Å². The third-order valence-electron chi connectivity index (χ3n) is 9.02. The van der Waals surface area contributed by atoms with Crippen molar-refractivity contribution < 1.29 is 24.2 Å². The minimum absolute atomic E-state index is 0.0206. The highest BCUT2D eigenvalue weighted by Crippen LogP contribution is 2.34. The number of nitrogens with zero attached hydrogens (tertiary/aromatic N) is 4. The van der Waals surface area contributed by atoms with Crippen LogP contribution in [0.4, 0.5) is 4.39 Å². The fourth-order valence-corrected chi connectivity index (χ4v) is 6.77. The molecule has 5 rings (SSSR count). The van der Waals surface area contributed by atoms with Crippen LogP contribution in [0.3, 0.4) is 0 Å². The average molecular weight is 617 g/mol. The molecule has 1 amide bonds. The first-order chi connectivity index (χ1) is 21.8. The lowest BCUT2D eigenvalue weighted by Gasteiger charge is -2.44. The van der Waals surface area contributed by atoms with Gasteiger partial charge in [0.1, 0.15) is 11.6 Å². The highest BCUT2D eigenvalue weighted by atomic mass is 19.1. The molecule has 2 heterocycles. The minimum Gasteiger partial charge on any atom is -0.508 e. The van der Waals surface area contributed by atoms with Crippen LogP contribution < -0.4 is 0 Å². The van der Waals surface area contributed by atoms with Gasteiger partial charge in [0.15, 0.2) is 0 Å². The van der Waals surface area contributed by atoms with Gasteiger partial charge in [-0.25, -0.2) is 4.39 Å². The topological polar surface area (TPSA) is 87.6 Å². The predicted octanol–water partition coefficient (Wildman–Crippen LogP) is 5.23. The number of carbonyl (C=O) groups is 2. The van der Waals surface area contributed by atoms with Crippen LogP contribution in [-0.2, 0) is 11.3 Å². The van der Waals surface area contributed by atoms with Gasteiger partial charge in [-0.1, -0.05) is 36.4 Å². The van der Waals surface area contributed by atoms with E-state index in [2.05, 4.69) is 27.7 Å². The molecule has 2 unspecified atom stereocenters. The largest absolute Gasteiger partial charge is 0.508 e. The van der Waals surface area contributed by atoms with Crippen LogP contribution in [0, 0.1) is 5.82 Å². The zero-order valence-corrected chi connectivity index (χ0v) is 26.2. The number of phenolic OH excluding ortho intramolecular Hbond substituents is 1. The Bertz CT molecular complexity index is 1450. The maximum atomic E-state index is 13.8. The van der Waals surface area contributed by atoms with Crippen LogP contribution in [0.15, 0.2) is 72.8 Å². The van der Waals surface area contributed by atoms with E-state index < -0.39 is 5.97 Å². The van der Waals surface area contributed by atoms with Crippen LogP contribution in [0.25, 0.3) is 0 Å². The molecule has 0 aromatic heterocycles. The standard InChI is InChI=1S/C36H45FN4O4/c1-27-25-39(26-28-8-4-12-32(37)22-28)19-21-41(27)35(30-10-6-13-33(42)24-30)29-9-5-11-31(23-29)36(45)40-17-7-16-38(18-20-40)15-3-2-14-34(43)44/h4-6,8-13,22-24,27,35,42H,2-3,7,14-21,25-26H2,1H3,(H,43,44). The van der Waals surface area contributed by atoms with E-state index in [1.54, 1.807) is 18.2 Å². The van der Waals surface area contributed by atoms with E-state index in [0.29, 0.717) is 31.6 Å². The molecule has 0 saturated carbocycles. The molecular weight excluding hydrogens is 571 g/mol. The fourth-order valence-electron chi connectivity index (χ4n) is 6.77. The first-order valence-electron chi connectivity index (χ1n) is 16.1. The molecule has 2 fully saturated rings. The number of hydrogen-bond acceptors (Lipinski definition) is 6. The molecule has 45 heavy (non-hydrogen) atoms. The molecule has 0 bridgehead atoms. The number of piperazine rings is 1. The smallest absolute Gasteiger partial charge is 0.303 e. The van der Waals surface area contributed by atoms with Crippen molar-refractivity contribution in [2.45, 2.75) is 51.2 Å². The molecule has 9 heteroatoms. The number of carboxylic acids is 1. The number of phenols is 1. The van der Waals surface area contributed by atoms with E-state index in [-0.39, 0.29) is 36.0 Å². The first-order valence-corrected chi connectivity index (χ1v) is 16.1. The van der Waals surface area contributed by atoms with Crippen molar-refractivity contribution in [2.75, 3.05) is 52.4 Å². The second-order valence-electron chi connectivity index (χ2n) is 12.4. The third-order valence-corrected chi connectivity index (χ3v) is 9.02. The van der Waals surface area contributed by atoms with Crippen LogP contribution in [0.2, 0.25) is 0 Å². The van der Waals surface area contributed by atoms with Crippen molar-refractivity contribution in [3.63, 3.8) is 0 Å². The highest BCUT2D eigenvalue weighted by molar-refractivity contribution is 5.94. The van der Waals surface area contributed by atoms with Gasteiger partial charge in [-0.15, -0.1) is 0 Å². The van der Waals surface area contributed by atoms with E-state index in [1.165, 1.54) is 6.07 Å². The average Bonchev–Trinajstić information content (AvgIpc) is 3.26. The molecule has 0 radical (unpaired) electrons. The van der Waals surface area contributed by atoms with Gasteiger partial charge < -0.3 is 20.0 Å². The maximum Gasteiger partial charge on any atom is 0.303 e. The Hall–Kier alpha value is -3.79. The molecule has 2 atom stereocenters. The Morgan fingerprint density at radius 1 is 0.867 bits per heavy atom. The summed E-state index contributed by atoms with van der Waals surface area (Å²) < 4.78 is 13.8. The van der Waals surface area contributed by atoms with Gasteiger partial charge in [0.05, 0.1) is 6.04 Å². The summed E-state index contributed by atoms with van der Waals surface area (Å²) in [5.41, 5.74) is 3.59. The Balaban J connectivity index is 1.30. The fraction of sp³-hybridized carbons (Fsp3) is 0.444. The summed E-state index contributed by atoms with van der Waals surface area (Å²) in [6.45, 7) is 9.16. The second kappa shape index (κ2) is 15.5. The number of benzene rings is 3. The third kappa shape index (κ3) is 8.90. The molecule has 3 aromatic rings. The van der Waals surface area contributed by atoms with E-state index >= 15 is 0 Å². The number of halogens is 1. The number of hydrogen-bond donors (Lipinski definition) is 2. The van der Waals surface area contributed by atoms with Crippen LogP contribution in [0.5, 0.6) is 5.75 Å². The lowest BCUT2D eigenvalue weighted by molar-refractivity contribution is -0.137. The number of aliphatic carboxylic acids is 1. The minimum atomic E-state index is -0.756. The summed E-state index contributed by atoms with van der Waals surface area (Å²) in [6, 6.07) is 22.1. The van der Waals surface area contributed by atoms with Gasteiger partial charge in [0.25, 0.3) is 5.91 Å². The number of aromatic hydroxyl groups is 1. The van der Waals surface area contributed by atoms with Gasteiger partial charge in [0.2, 0.25) is 0 Å². The van der Waals surface area contributed by atoms with Crippen molar-refractivity contribution in [1.82, 2.24) is 19.6 Å². The molecule has 240 valence electrons. The highest BCUT2D eigenvalue weighted by Gasteiger charge is 2.32. The van der Waals surface area contributed by atoms with Gasteiger partial charge >= 0.3 is 5.97 Å². The molecule has 3 aromatic carbocycles. The number of carbonyl (C=O) groups excluding carboxylic acids is 1. The zero-order chi connectivity index (χ0) is 31.8. The summed E-state index contributed by atoms with van der Waals surface area (Å²) in [4.78, 5) is 33.7. The predicted molar refractivity (Wildman–Crippen MR) is 173 cm³/mol. The van der Waals surface area contributed by atoms with Gasteiger partial charge in [0, 0.05) is 63.8 Å². The molecular formula is C36H45FN4O4. The SMILES string of the molecule is CC1CN(Cc2cccc(F)c2)CCN1C(c1cccc(O)c1)c1cccc(C(=O)N2CCCN(CCCCC(=O)O)CC2)c1. The van der Waals surface area contributed by atoms with Crippen molar-refractivity contribution >= 4 is 11.9 Å². The summed E-state index contributed by atoms with van der Waals surface area (Å²) in [6.07, 6.45) is 2.59.